The lowest BCUT2D eigenvalue weighted by Gasteiger charge is -1.92. The second kappa shape index (κ2) is 4.09. The summed E-state index contributed by atoms with van der Waals surface area (Å²) in [6, 6.07) is 0. The molecular formula is C6H11NO2. The zero-order valence-electron chi connectivity index (χ0n) is 5.42. The summed E-state index contributed by atoms with van der Waals surface area (Å²) in [7, 11) is 0. The maximum atomic E-state index is 10.1. The van der Waals surface area contributed by atoms with E-state index in [0.29, 0.717) is 6.42 Å². The topological polar surface area (TPSA) is 63.3 Å². The van der Waals surface area contributed by atoms with E-state index < -0.39 is 5.91 Å². The van der Waals surface area contributed by atoms with Crippen molar-refractivity contribution in [3.8, 4) is 0 Å². The van der Waals surface area contributed by atoms with Crippen molar-refractivity contribution in [2.24, 2.45) is 5.73 Å². The summed E-state index contributed by atoms with van der Waals surface area (Å²) in [5.41, 5.74) is 5.64. The molecule has 0 bridgehead atoms. The summed E-state index contributed by atoms with van der Waals surface area (Å²) in [4.78, 5) is 10.1. The van der Waals surface area contributed by atoms with Gasteiger partial charge >= 0.3 is 0 Å². The molecule has 0 aromatic carbocycles. The maximum absolute atomic E-state index is 10.1. The summed E-state index contributed by atoms with van der Waals surface area (Å²) in [5.74, 6) is -0.457. The van der Waals surface area contributed by atoms with Crippen molar-refractivity contribution in [2.75, 3.05) is 6.61 Å². The van der Waals surface area contributed by atoms with E-state index in [-0.39, 0.29) is 6.61 Å². The fourth-order valence-electron chi connectivity index (χ4n) is 0.491. The highest BCUT2D eigenvalue weighted by Gasteiger charge is 1.89. The van der Waals surface area contributed by atoms with E-state index in [1.165, 1.54) is 6.08 Å². The quantitative estimate of drug-likeness (QED) is 0.518. The van der Waals surface area contributed by atoms with Gasteiger partial charge in [0.05, 0.1) is 0 Å². The molecule has 1 amide bonds. The standard InChI is InChI=1S/C6H11NO2/c1-5(2-3-8)4-6(7)9/h4,8H,2-3H2,1H3,(H2,7,9). The Morgan fingerprint density at radius 2 is 2.33 bits per heavy atom. The van der Waals surface area contributed by atoms with Gasteiger partial charge in [0, 0.05) is 12.7 Å². The number of rotatable bonds is 3. The van der Waals surface area contributed by atoms with Crippen molar-refractivity contribution in [1.82, 2.24) is 0 Å². The lowest BCUT2D eigenvalue weighted by Crippen LogP contribution is -2.06. The van der Waals surface area contributed by atoms with Crippen molar-refractivity contribution in [3.63, 3.8) is 0 Å². The molecule has 0 radical (unpaired) electrons. The molecule has 0 fully saturated rings. The molecule has 0 heterocycles. The molecule has 0 aromatic heterocycles. The van der Waals surface area contributed by atoms with Gasteiger partial charge in [0.15, 0.2) is 0 Å². The highest BCUT2D eigenvalue weighted by molar-refractivity contribution is 5.86. The molecular weight excluding hydrogens is 118 g/mol. The molecule has 0 saturated heterocycles. The molecule has 3 N–H and O–H groups in total. The van der Waals surface area contributed by atoms with Crippen molar-refractivity contribution in [2.45, 2.75) is 13.3 Å². The number of aliphatic hydroxyl groups excluding tert-OH is 1. The van der Waals surface area contributed by atoms with Gasteiger partial charge in [-0.25, -0.2) is 0 Å². The number of hydrogen-bond acceptors (Lipinski definition) is 2. The first-order valence-corrected chi connectivity index (χ1v) is 2.74. The van der Waals surface area contributed by atoms with Crippen LogP contribution in [0, 0.1) is 0 Å². The lowest BCUT2D eigenvalue weighted by atomic mass is 10.2. The molecule has 0 spiro atoms. The molecule has 0 atom stereocenters. The van der Waals surface area contributed by atoms with Gasteiger partial charge in [-0.15, -0.1) is 0 Å². The SMILES string of the molecule is CC(=CC(N)=O)CCO. The Balaban J connectivity index is 3.69. The Bertz CT molecular complexity index is 129. The summed E-state index contributed by atoms with van der Waals surface area (Å²) < 4.78 is 0. The van der Waals surface area contributed by atoms with Crippen LogP contribution in [0.25, 0.3) is 0 Å². The monoisotopic (exact) mass is 129 g/mol. The number of carbonyl (C=O) groups excluding carboxylic acids is 1. The van der Waals surface area contributed by atoms with Crippen LogP contribution >= 0.6 is 0 Å². The second-order valence-electron chi connectivity index (χ2n) is 1.87. The highest BCUT2D eigenvalue weighted by Crippen LogP contribution is 1.95. The average molecular weight is 129 g/mol. The van der Waals surface area contributed by atoms with Crippen molar-refractivity contribution in [3.05, 3.63) is 11.6 Å². The minimum Gasteiger partial charge on any atom is -0.396 e. The first kappa shape index (κ1) is 8.17. The minimum atomic E-state index is -0.457. The summed E-state index contributed by atoms with van der Waals surface area (Å²) >= 11 is 0. The third kappa shape index (κ3) is 5.03. The molecule has 0 aliphatic rings. The van der Waals surface area contributed by atoms with E-state index in [4.69, 9.17) is 10.8 Å². The molecule has 52 valence electrons. The molecule has 0 aliphatic heterocycles. The Labute approximate surface area is 54.2 Å². The molecule has 0 aromatic rings. The van der Waals surface area contributed by atoms with Gasteiger partial charge in [0.1, 0.15) is 0 Å². The Morgan fingerprint density at radius 3 is 2.67 bits per heavy atom. The molecule has 3 heteroatoms. The van der Waals surface area contributed by atoms with E-state index in [2.05, 4.69) is 0 Å². The van der Waals surface area contributed by atoms with Gasteiger partial charge in [-0.05, 0) is 13.3 Å². The molecule has 0 aliphatic carbocycles. The molecule has 0 saturated carbocycles. The van der Waals surface area contributed by atoms with Crippen molar-refractivity contribution in [1.29, 1.82) is 0 Å². The van der Waals surface area contributed by atoms with E-state index in [1.54, 1.807) is 6.92 Å². The molecule has 0 rings (SSSR count). The van der Waals surface area contributed by atoms with Crippen LogP contribution in [-0.2, 0) is 4.79 Å². The largest absolute Gasteiger partial charge is 0.396 e. The van der Waals surface area contributed by atoms with Crippen LogP contribution in [0.2, 0.25) is 0 Å². The zero-order valence-corrected chi connectivity index (χ0v) is 5.42. The fraction of sp³-hybridized carbons (Fsp3) is 0.500. The van der Waals surface area contributed by atoms with Crippen LogP contribution in [0.1, 0.15) is 13.3 Å². The Kier molecular flexibility index (Phi) is 3.71. The van der Waals surface area contributed by atoms with E-state index in [0.717, 1.165) is 5.57 Å². The molecule has 3 nitrogen and oxygen atoms in total. The Hall–Kier alpha value is -0.830. The van der Waals surface area contributed by atoms with Crippen molar-refractivity contribution >= 4 is 5.91 Å². The molecule has 9 heavy (non-hydrogen) atoms. The van der Waals surface area contributed by atoms with Crippen LogP contribution in [0.15, 0.2) is 11.6 Å². The van der Waals surface area contributed by atoms with Gasteiger partial charge < -0.3 is 10.8 Å². The van der Waals surface area contributed by atoms with Crippen LogP contribution in [0.3, 0.4) is 0 Å². The highest BCUT2D eigenvalue weighted by atomic mass is 16.3. The maximum Gasteiger partial charge on any atom is 0.241 e. The van der Waals surface area contributed by atoms with E-state index in [9.17, 15) is 4.79 Å². The summed E-state index contributed by atoms with van der Waals surface area (Å²) in [6.07, 6.45) is 1.83. The summed E-state index contributed by atoms with van der Waals surface area (Å²) in [5, 5.41) is 8.36. The Morgan fingerprint density at radius 1 is 1.78 bits per heavy atom. The predicted octanol–water partition coefficient (Wildman–Crippen LogP) is -0.200. The third-order valence-corrected chi connectivity index (χ3v) is 0.895. The predicted molar refractivity (Wildman–Crippen MR) is 34.7 cm³/mol. The third-order valence-electron chi connectivity index (χ3n) is 0.895. The zero-order chi connectivity index (χ0) is 7.28. The normalized spacial score (nSPS) is 11.6. The average Bonchev–Trinajstić information content (AvgIpc) is 1.63. The van der Waals surface area contributed by atoms with Gasteiger partial charge in [-0.2, -0.15) is 0 Å². The van der Waals surface area contributed by atoms with Crippen LogP contribution in [0.4, 0.5) is 0 Å². The van der Waals surface area contributed by atoms with Crippen molar-refractivity contribution < 1.29 is 9.90 Å². The lowest BCUT2D eigenvalue weighted by molar-refractivity contribution is -0.113. The second-order valence-corrected chi connectivity index (χ2v) is 1.87. The number of hydrogen-bond donors (Lipinski definition) is 2. The number of amides is 1. The van der Waals surface area contributed by atoms with Crippen LogP contribution < -0.4 is 5.73 Å². The van der Waals surface area contributed by atoms with Gasteiger partial charge in [0.2, 0.25) is 5.91 Å². The van der Waals surface area contributed by atoms with E-state index >= 15 is 0 Å². The van der Waals surface area contributed by atoms with E-state index in [1.807, 2.05) is 0 Å². The van der Waals surface area contributed by atoms with Gasteiger partial charge in [0.25, 0.3) is 0 Å². The number of primary amides is 1. The number of nitrogens with two attached hydrogens (primary N) is 1. The van der Waals surface area contributed by atoms with Crippen LogP contribution in [-0.4, -0.2) is 17.6 Å². The minimum absolute atomic E-state index is 0.0651. The first-order valence-electron chi connectivity index (χ1n) is 2.74. The van der Waals surface area contributed by atoms with Crippen LogP contribution in [0.5, 0.6) is 0 Å². The number of carbonyl (C=O) groups is 1. The fourth-order valence-corrected chi connectivity index (χ4v) is 0.491. The van der Waals surface area contributed by atoms with Gasteiger partial charge in [-0.1, -0.05) is 5.57 Å². The smallest absolute Gasteiger partial charge is 0.241 e. The van der Waals surface area contributed by atoms with Gasteiger partial charge in [-0.3, -0.25) is 4.79 Å². The first-order chi connectivity index (χ1) is 4.16. The summed E-state index contributed by atoms with van der Waals surface area (Å²) in [6.45, 7) is 1.82. The molecule has 0 unspecified atom stereocenters. The number of aliphatic hydroxyl groups is 1.